The zero-order valence-corrected chi connectivity index (χ0v) is 20.2. The number of nitrogens with one attached hydrogen (secondary N) is 1. The molecule has 0 fully saturated rings. The number of aryl methyl sites for hydroxylation is 1. The van der Waals surface area contributed by atoms with Gasteiger partial charge in [0.1, 0.15) is 0 Å². The number of carbonyl (C=O) groups is 1. The van der Waals surface area contributed by atoms with Crippen LogP contribution in [0.4, 0.5) is 5.69 Å². The highest BCUT2D eigenvalue weighted by molar-refractivity contribution is 7.92. The molecule has 2 N–H and O–H groups in total. The maximum Gasteiger partial charge on any atom is 0.335 e. The maximum atomic E-state index is 12.9. The molecule has 4 aromatic carbocycles. The highest BCUT2D eigenvalue weighted by Crippen LogP contribution is 2.27. The molecule has 0 unspecified atom stereocenters. The lowest BCUT2D eigenvalue weighted by Crippen LogP contribution is -2.13. The largest absolute Gasteiger partial charge is 0.478 e. The number of hydrogen-bond donors (Lipinski definition) is 2. The van der Waals surface area contributed by atoms with Gasteiger partial charge in [0.05, 0.1) is 20.2 Å². The van der Waals surface area contributed by atoms with Gasteiger partial charge >= 0.3 is 5.97 Å². The Kier molecular flexibility index (Phi) is 6.47. The highest BCUT2D eigenvalue weighted by atomic mass is 32.2. The third kappa shape index (κ3) is 5.26. The van der Waals surface area contributed by atoms with Gasteiger partial charge in [-0.15, -0.1) is 0 Å². The fourth-order valence-electron chi connectivity index (χ4n) is 3.44. The summed E-state index contributed by atoms with van der Waals surface area (Å²) in [6.45, 7) is 1.88. The van der Waals surface area contributed by atoms with Gasteiger partial charge in [-0.1, -0.05) is 48.0 Å². The molecule has 0 heterocycles. The normalized spacial score (nSPS) is 11.7. The van der Waals surface area contributed by atoms with Gasteiger partial charge in [0.15, 0.2) is 0 Å². The van der Waals surface area contributed by atoms with Crippen molar-refractivity contribution in [2.24, 2.45) is 0 Å². The van der Waals surface area contributed by atoms with E-state index in [1.54, 1.807) is 48.5 Å². The molecule has 0 aliphatic carbocycles. The van der Waals surface area contributed by atoms with E-state index >= 15 is 0 Å². The minimum Gasteiger partial charge on any atom is -0.478 e. The van der Waals surface area contributed by atoms with Crippen molar-refractivity contribution in [2.45, 2.75) is 21.6 Å². The van der Waals surface area contributed by atoms with Crippen LogP contribution in [0.25, 0.3) is 11.1 Å². The second kappa shape index (κ2) is 9.36. The zero-order chi connectivity index (χ0) is 25.2. The lowest BCUT2D eigenvalue weighted by Gasteiger charge is -2.10. The quantitative estimate of drug-likeness (QED) is 0.364. The number of sulfone groups is 1. The summed E-state index contributed by atoms with van der Waals surface area (Å²) >= 11 is 0. The van der Waals surface area contributed by atoms with Crippen molar-refractivity contribution in [3.63, 3.8) is 0 Å². The summed E-state index contributed by atoms with van der Waals surface area (Å²) in [6, 6.07) is 24.6. The van der Waals surface area contributed by atoms with Crippen molar-refractivity contribution in [1.82, 2.24) is 0 Å². The summed E-state index contributed by atoms with van der Waals surface area (Å²) in [5.41, 5.74) is 2.50. The zero-order valence-electron chi connectivity index (χ0n) is 18.5. The molecule has 0 atom stereocenters. The second-order valence-corrected chi connectivity index (χ2v) is 11.5. The van der Waals surface area contributed by atoms with E-state index in [-0.39, 0.29) is 25.9 Å². The third-order valence-electron chi connectivity index (χ3n) is 5.36. The van der Waals surface area contributed by atoms with Crippen molar-refractivity contribution in [1.29, 1.82) is 0 Å². The van der Waals surface area contributed by atoms with Gasteiger partial charge in [-0.3, -0.25) is 4.72 Å². The molecule has 4 aromatic rings. The molecule has 0 aliphatic rings. The molecule has 35 heavy (non-hydrogen) atoms. The monoisotopic (exact) mass is 507 g/mol. The molecule has 0 saturated heterocycles. The van der Waals surface area contributed by atoms with E-state index in [0.29, 0.717) is 5.56 Å². The van der Waals surface area contributed by atoms with Crippen LogP contribution in [0.1, 0.15) is 15.9 Å². The molecule has 0 aromatic heterocycles. The molecule has 7 nitrogen and oxygen atoms in total. The summed E-state index contributed by atoms with van der Waals surface area (Å²) in [5, 5.41) is 9.08. The number of benzene rings is 4. The van der Waals surface area contributed by atoms with Gasteiger partial charge in [-0.05, 0) is 72.6 Å². The van der Waals surface area contributed by atoms with E-state index in [0.717, 1.165) is 11.1 Å². The first-order chi connectivity index (χ1) is 16.6. The smallest absolute Gasteiger partial charge is 0.335 e. The lowest BCUT2D eigenvalue weighted by atomic mass is 10.1. The van der Waals surface area contributed by atoms with Crippen LogP contribution in [0, 0.1) is 6.92 Å². The average molecular weight is 508 g/mol. The van der Waals surface area contributed by atoms with Crippen LogP contribution in [0.3, 0.4) is 0 Å². The first-order valence-corrected chi connectivity index (χ1v) is 13.4. The third-order valence-corrected chi connectivity index (χ3v) is 8.54. The summed E-state index contributed by atoms with van der Waals surface area (Å²) in [5.74, 6) is -1.16. The van der Waals surface area contributed by atoms with Crippen LogP contribution in [0.15, 0.2) is 112 Å². The van der Waals surface area contributed by atoms with E-state index in [1.807, 2.05) is 6.92 Å². The standard InChI is InChI=1S/C26H21NO6S2/c1-18-5-11-23(12-6-18)34(30,31)24-13-7-19(8-14-24)20-9-15-25(16-10-20)35(32,33)27-22-4-2-3-21(17-22)26(28)29/h2-17,27H,1H3,(H,28,29). The van der Waals surface area contributed by atoms with Crippen LogP contribution in [-0.2, 0) is 19.9 Å². The first-order valence-electron chi connectivity index (χ1n) is 10.4. The first kappa shape index (κ1) is 24.2. The molecule has 0 aliphatic heterocycles. The van der Waals surface area contributed by atoms with Crippen molar-refractivity contribution in [3.8, 4) is 11.1 Å². The molecule has 178 valence electrons. The van der Waals surface area contributed by atoms with Crippen LogP contribution >= 0.6 is 0 Å². The van der Waals surface area contributed by atoms with Crippen molar-refractivity contribution >= 4 is 31.5 Å². The predicted molar refractivity (Wildman–Crippen MR) is 133 cm³/mol. The van der Waals surface area contributed by atoms with E-state index < -0.39 is 25.8 Å². The Hall–Kier alpha value is -3.95. The summed E-state index contributed by atoms with van der Waals surface area (Å²) in [4.78, 5) is 11.5. The Bertz CT molecular complexity index is 1590. The van der Waals surface area contributed by atoms with Gasteiger partial charge in [-0.2, -0.15) is 0 Å². The van der Waals surface area contributed by atoms with Gasteiger partial charge in [0.2, 0.25) is 9.84 Å². The molecular formula is C26H21NO6S2. The molecular weight excluding hydrogens is 486 g/mol. The SMILES string of the molecule is Cc1ccc(S(=O)(=O)c2ccc(-c3ccc(S(=O)(=O)Nc4cccc(C(=O)O)c4)cc3)cc2)cc1. The van der Waals surface area contributed by atoms with Gasteiger partial charge < -0.3 is 5.11 Å². The highest BCUT2D eigenvalue weighted by Gasteiger charge is 2.18. The lowest BCUT2D eigenvalue weighted by molar-refractivity contribution is 0.0697. The fraction of sp³-hybridized carbons (Fsp3) is 0.0385. The van der Waals surface area contributed by atoms with Gasteiger partial charge in [0, 0.05) is 5.69 Å². The summed E-state index contributed by atoms with van der Waals surface area (Å²) < 4.78 is 53.5. The topological polar surface area (TPSA) is 118 Å². The van der Waals surface area contributed by atoms with Crippen molar-refractivity contribution < 1.29 is 26.7 Å². The Morgan fingerprint density at radius 3 is 1.69 bits per heavy atom. The Morgan fingerprint density at radius 2 is 1.17 bits per heavy atom. The maximum absolute atomic E-state index is 12.9. The minimum atomic E-state index is -3.94. The van der Waals surface area contributed by atoms with E-state index in [2.05, 4.69) is 4.72 Å². The minimum absolute atomic E-state index is 0.000507. The average Bonchev–Trinajstić information content (AvgIpc) is 2.84. The number of anilines is 1. The van der Waals surface area contributed by atoms with E-state index in [1.165, 1.54) is 48.5 Å². The van der Waals surface area contributed by atoms with E-state index in [4.69, 9.17) is 5.11 Å². The van der Waals surface area contributed by atoms with Crippen LogP contribution < -0.4 is 4.72 Å². The van der Waals surface area contributed by atoms with Crippen LogP contribution in [0.2, 0.25) is 0 Å². The molecule has 0 radical (unpaired) electrons. The van der Waals surface area contributed by atoms with Crippen LogP contribution in [0.5, 0.6) is 0 Å². The number of carboxylic acid groups (broad SMARTS) is 1. The second-order valence-electron chi connectivity index (χ2n) is 7.86. The van der Waals surface area contributed by atoms with Crippen molar-refractivity contribution in [2.75, 3.05) is 4.72 Å². The molecule has 0 saturated carbocycles. The number of rotatable bonds is 7. The number of aromatic carboxylic acids is 1. The fourth-order valence-corrected chi connectivity index (χ4v) is 5.75. The number of hydrogen-bond acceptors (Lipinski definition) is 5. The summed E-state index contributed by atoms with van der Waals surface area (Å²) in [7, 11) is -7.58. The molecule has 0 spiro atoms. The predicted octanol–water partition coefficient (Wildman–Crippen LogP) is 4.99. The molecule has 9 heteroatoms. The van der Waals surface area contributed by atoms with Crippen molar-refractivity contribution in [3.05, 3.63) is 108 Å². The number of carboxylic acids is 1. The van der Waals surface area contributed by atoms with Gasteiger partial charge in [-0.25, -0.2) is 21.6 Å². The van der Waals surface area contributed by atoms with Gasteiger partial charge in [0.25, 0.3) is 10.0 Å². The molecule has 0 amide bonds. The molecule has 4 rings (SSSR count). The Balaban J connectivity index is 1.54. The van der Waals surface area contributed by atoms with Crippen LogP contribution in [-0.4, -0.2) is 27.9 Å². The number of sulfonamides is 1. The molecule has 0 bridgehead atoms. The van der Waals surface area contributed by atoms with E-state index in [9.17, 15) is 21.6 Å². The Labute approximate surface area is 203 Å². The Morgan fingerprint density at radius 1 is 0.686 bits per heavy atom. The summed E-state index contributed by atoms with van der Waals surface area (Å²) in [6.07, 6.45) is 0.